The van der Waals surface area contributed by atoms with Crippen molar-refractivity contribution in [2.75, 3.05) is 0 Å². The van der Waals surface area contributed by atoms with Crippen LogP contribution in [0, 0.1) is 5.92 Å². The molecule has 2 aromatic rings. The highest BCUT2D eigenvalue weighted by Gasteiger charge is 2.25. The molecule has 3 rings (SSSR count). The van der Waals surface area contributed by atoms with Gasteiger partial charge in [-0.2, -0.15) is 0 Å². The van der Waals surface area contributed by atoms with Gasteiger partial charge in [-0.25, -0.2) is 0 Å². The minimum atomic E-state index is 0.144. The molecule has 0 aliphatic heterocycles. The fourth-order valence-corrected chi connectivity index (χ4v) is 3.10. The summed E-state index contributed by atoms with van der Waals surface area (Å²) in [5, 5.41) is 0. The molecule has 1 aliphatic carbocycles. The van der Waals surface area contributed by atoms with Crippen LogP contribution in [0.5, 0.6) is 0 Å². The van der Waals surface area contributed by atoms with Crippen LogP contribution in [0.4, 0.5) is 0 Å². The van der Waals surface area contributed by atoms with E-state index in [1.807, 2.05) is 0 Å². The maximum atomic E-state index is 12.2. The van der Waals surface area contributed by atoms with Crippen LogP contribution < -0.4 is 0 Å². The van der Waals surface area contributed by atoms with Crippen LogP contribution in [0.15, 0.2) is 36.0 Å². The third-order valence-electron chi connectivity index (χ3n) is 3.39. The highest BCUT2D eigenvalue weighted by molar-refractivity contribution is 7.11. The van der Waals surface area contributed by atoms with Crippen LogP contribution in [0.1, 0.15) is 27.2 Å². The molecule has 0 saturated carbocycles. The number of ketones is 1. The Labute approximate surface area is 104 Å². The van der Waals surface area contributed by atoms with Crippen molar-refractivity contribution in [1.82, 2.24) is 4.98 Å². The summed E-state index contributed by atoms with van der Waals surface area (Å²) in [6.07, 6.45) is 4.56. The number of hydrogen-bond acceptors (Lipinski definition) is 3. The molecule has 3 heteroatoms. The Kier molecular flexibility index (Phi) is 2.77. The lowest BCUT2D eigenvalue weighted by atomic mass is 9.81. The van der Waals surface area contributed by atoms with Crippen molar-refractivity contribution in [2.45, 2.75) is 19.3 Å². The van der Waals surface area contributed by atoms with E-state index in [-0.39, 0.29) is 11.7 Å². The maximum absolute atomic E-state index is 12.2. The van der Waals surface area contributed by atoms with E-state index < -0.39 is 0 Å². The molecule has 0 radical (unpaired) electrons. The lowest BCUT2D eigenvalue weighted by molar-refractivity contribution is 0.0913. The predicted molar refractivity (Wildman–Crippen MR) is 68.4 cm³/mol. The van der Waals surface area contributed by atoms with Crippen molar-refractivity contribution in [1.29, 1.82) is 0 Å². The molecule has 1 aromatic heterocycles. The molecule has 0 bridgehead atoms. The van der Waals surface area contributed by atoms with Crippen molar-refractivity contribution in [3.8, 4) is 0 Å². The van der Waals surface area contributed by atoms with E-state index in [9.17, 15) is 4.79 Å². The van der Waals surface area contributed by atoms with Crippen LogP contribution in [0.3, 0.4) is 0 Å². The quantitative estimate of drug-likeness (QED) is 0.758. The summed E-state index contributed by atoms with van der Waals surface area (Å²) in [5.74, 6) is 0.410. The lowest BCUT2D eigenvalue weighted by Crippen LogP contribution is -2.22. The number of benzene rings is 1. The monoisotopic (exact) mass is 243 g/mol. The van der Waals surface area contributed by atoms with Crippen LogP contribution in [0.2, 0.25) is 0 Å². The number of Topliss-reactive ketones (excluding diaryl/α,β-unsaturated/α-hetero) is 1. The molecule has 0 amide bonds. The molecule has 1 atom stereocenters. The molecule has 1 aromatic carbocycles. The average molecular weight is 243 g/mol. The van der Waals surface area contributed by atoms with Crippen LogP contribution >= 0.6 is 11.3 Å². The van der Waals surface area contributed by atoms with E-state index in [2.05, 4.69) is 29.2 Å². The minimum Gasteiger partial charge on any atom is -0.293 e. The molecule has 0 fully saturated rings. The molecular formula is C14H13NOS. The Hall–Kier alpha value is -1.48. The van der Waals surface area contributed by atoms with Crippen molar-refractivity contribution < 1.29 is 4.79 Å². The highest BCUT2D eigenvalue weighted by atomic mass is 32.1. The molecule has 0 N–H and O–H groups in total. The smallest absolute Gasteiger partial charge is 0.177 e. The van der Waals surface area contributed by atoms with Crippen LogP contribution in [-0.2, 0) is 12.8 Å². The zero-order chi connectivity index (χ0) is 11.7. The molecule has 2 nitrogen and oxygen atoms in total. The van der Waals surface area contributed by atoms with Gasteiger partial charge in [0.1, 0.15) is 0 Å². The highest BCUT2D eigenvalue weighted by Crippen LogP contribution is 2.28. The van der Waals surface area contributed by atoms with Gasteiger partial charge in [-0.15, -0.1) is 11.3 Å². The Morgan fingerprint density at radius 3 is 2.88 bits per heavy atom. The second-order valence-corrected chi connectivity index (χ2v) is 5.32. The predicted octanol–water partition coefficient (Wildman–Crippen LogP) is 3.13. The summed E-state index contributed by atoms with van der Waals surface area (Å²) in [4.78, 5) is 17.0. The van der Waals surface area contributed by atoms with Gasteiger partial charge in [-0.1, -0.05) is 24.3 Å². The lowest BCUT2D eigenvalue weighted by Gasteiger charge is -2.22. The number of carbonyl (C=O) groups is 1. The molecule has 86 valence electrons. The number of thiazole rings is 1. The van der Waals surface area contributed by atoms with Gasteiger partial charge in [0.05, 0.1) is 10.4 Å². The first-order valence-electron chi connectivity index (χ1n) is 5.84. The summed E-state index contributed by atoms with van der Waals surface area (Å²) in [6, 6.07) is 8.44. The number of aryl methyl sites for hydroxylation is 1. The Bertz CT molecular complexity index is 533. The van der Waals surface area contributed by atoms with Crippen LogP contribution in [-0.4, -0.2) is 10.8 Å². The van der Waals surface area contributed by atoms with Gasteiger partial charge >= 0.3 is 0 Å². The Morgan fingerprint density at radius 2 is 2.12 bits per heavy atom. The number of rotatable bonds is 2. The summed E-state index contributed by atoms with van der Waals surface area (Å²) in [5.41, 5.74) is 4.46. The van der Waals surface area contributed by atoms with E-state index in [0.29, 0.717) is 0 Å². The van der Waals surface area contributed by atoms with Gasteiger partial charge in [0.25, 0.3) is 0 Å². The second-order valence-electron chi connectivity index (χ2n) is 4.44. The number of nitrogens with zero attached hydrogens (tertiary/aromatic N) is 1. The van der Waals surface area contributed by atoms with Crippen molar-refractivity contribution in [3.05, 3.63) is 52.0 Å². The maximum Gasteiger partial charge on any atom is 0.177 e. The van der Waals surface area contributed by atoms with Gasteiger partial charge in [-0.3, -0.25) is 9.78 Å². The fraction of sp³-hybridized carbons (Fsp3) is 0.286. The first kappa shape index (κ1) is 10.7. The SMILES string of the molecule is O=C(c1cncs1)C1CCc2ccccc2C1. The third kappa shape index (κ3) is 2.03. The average Bonchev–Trinajstić information content (AvgIpc) is 2.91. The number of carbonyl (C=O) groups excluding carboxylic acids is 1. The topological polar surface area (TPSA) is 30.0 Å². The van der Waals surface area contributed by atoms with Crippen LogP contribution in [0.25, 0.3) is 0 Å². The third-order valence-corrected chi connectivity index (χ3v) is 4.18. The van der Waals surface area contributed by atoms with E-state index in [0.717, 1.165) is 24.1 Å². The largest absolute Gasteiger partial charge is 0.293 e. The molecule has 1 heterocycles. The summed E-state index contributed by atoms with van der Waals surface area (Å²) in [7, 11) is 0. The van der Waals surface area contributed by atoms with Gasteiger partial charge in [-0.05, 0) is 30.4 Å². The summed E-state index contributed by atoms with van der Waals surface area (Å²) < 4.78 is 0. The first-order valence-corrected chi connectivity index (χ1v) is 6.72. The van der Waals surface area contributed by atoms with Gasteiger partial charge < -0.3 is 0 Å². The van der Waals surface area contributed by atoms with E-state index in [1.54, 1.807) is 11.7 Å². The molecule has 1 unspecified atom stereocenters. The number of fused-ring (bicyclic) bond motifs is 1. The summed E-state index contributed by atoms with van der Waals surface area (Å²) in [6.45, 7) is 0. The van der Waals surface area contributed by atoms with Gasteiger partial charge in [0, 0.05) is 12.1 Å². The van der Waals surface area contributed by atoms with E-state index >= 15 is 0 Å². The van der Waals surface area contributed by atoms with Crippen molar-refractivity contribution in [2.24, 2.45) is 5.92 Å². The van der Waals surface area contributed by atoms with E-state index in [4.69, 9.17) is 0 Å². The first-order chi connectivity index (χ1) is 8.34. The molecule has 0 saturated heterocycles. The van der Waals surface area contributed by atoms with Gasteiger partial charge in [0.2, 0.25) is 0 Å². The summed E-state index contributed by atoms with van der Waals surface area (Å²) >= 11 is 1.45. The second kappa shape index (κ2) is 4.41. The molecule has 0 spiro atoms. The zero-order valence-electron chi connectivity index (χ0n) is 9.43. The standard InChI is InChI=1S/C14H13NOS/c16-14(13-8-15-9-17-13)12-6-5-10-3-1-2-4-11(10)7-12/h1-4,8-9,12H,5-7H2. The normalized spacial score (nSPS) is 18.7. The number of aromatic nitrogens is 1. The molecule has 17 heavy (non-hydrogen) atoms. The van der Waals surface area contributed by atoms with Crippen molar-refractivity contribution in [3.63, 3.8) is 0 Å². The van der Waals surface area contributed by atoms with Gasteiger partial charge in [0.15, 0.2) is 5.78 Å². The Balaban J connectivity index is 1.83. The molecular weight excluding hydrogens is 230 g/mol. The molecule has 1 aliphatic rings. The van der Waals surface area contributed by atoms with E-state index in [1.165, 1.54) is 22.5 Å². The number of hydrogen-bond donors (Lipinski definition) is 0. The minimum absolute atomic E-state index is 0.144. The van der Waals surface area contributed by atoms with Crippen molar-refractivity contribution >= 4 is 17.1 Å². The Morgan fingerprint density at radius 1 is 1.29 bits per heavy atom. The fourth-order valence-electron chi connectivity index (χ4n) is 2.46. The zero-order valence-corrected chi connectivity index (χ0v) is 10.2.